The molecule has 0 N–H and O–H groups in total. The molecule has 1 fully saturated rings. The molecular weight excluding hydrogens is 288 g/mol. The minimum absolute atomic E-state index is 0.942. The Bertz CT molecular complexity index is 787. The minimum atomic E-state index is 0.942. The number of hydrogen-bond acceptors (Lipinski definition) is 0. The monoisotopic (exact) mass is 310 g/mol. The van der Waals surface area contributed by atoms with E-state index in [1.165, 1.54) is 41.5 Å². The van der Waals surface area contributed by atoms with Gasteiger partial charge in [0.15, 0.2) is 0 Å². The maximum Gasteiger partial charge on any atom is -0.00551 e. The molecule has 0 aromatic heterocycles. The van der Waals surface area contributed by atoms with Crippen LogP contribution in [0.3, 0.4) is 0 Å². The number of allylic oxidation sites excluding steroid dienone is 1. The summed E-state index contributed by atoms with van der Waals surface area (Å²) in [4.78, 5) is 0. The van der Waals surface area contributed by atoms with Crippen molar-refractivity contribution in [1.29, 1.82) is 0 Å². The van der Waals surface area contributed by atoms with Crippen LogP contribution in [0.2, 0.25) is 0 Å². The molecule has 0 radical (unpaired) electrons. The number of fused-ring (bicyclic) bond motifs is 1. The lowest BCUT2D eigenvalue weighted by atomic mass is 10.1. The van der Waals surface area contributed by atoms with Gasteiger partial charge in [-0.3, -0.25) is 0 Å². The summed E-state index contributed by atoms with van der Waals surface area (Å²) in [5.74, 6) is 0.942. The van der Waals surface area contributed by atoms with Crippen molar-refractivity contribution in [2.24, 2.45) is 5.92 Å². The van der Waals surface area contributed by atoms with E-state index in [9.17, 15) is 0 Å². The van der Waals surface area contributed by atoms with E-state index in [4.69, 9.17) is 0 Å². The lowest BCUT2D eigenvalue weighted by Gasteiger charge is -1.98. The van der Waals surface area contributed by atoms with Crippen LogP contribution in [0.4, 0.5) is 0 Å². The summed E-state index contributed by atoms with van der Waals surface area (Å²) < 4.78 is 0. The first-order chi connectivity index (χ1) is 11.9. The smallest absolute Gasteiger partial charge is 0.00551 e. The van der Waals surface area contributed by atoms with Gasteiger partial charge in [-0.25, -0.2) is 0 Å². The van der Waals surface area contributed by atoms with Crippen molar-refractivity contribution < 1.29 is 0 Å². The molecule has 0 heterocycles. The highest BCUT2D eigenvalue weighted by Gasteiger charge is 2.28. The molecule has 0 heteroatoms. The zero-order valence-electron chi connectivity index (χ0n) is 13.9. The van der Waals surface area contributed by atoms with Gasteiger partial charge in [-0.15, -0.1) is 0 Å². The summed E-state index contributed by atoms with van der Waals surface area (Å²) in [5, 5.41) is 0. The maximum absolute atomic E-state index is 2.40. The molecule has 0 saturated heterocycles. The Labute approximate surface area is 144 Å². The quantitative estimate of drug-likeness (QED) is 0.514. The summed E-state index contributed by atoms with van der Waals surface area (Å²) >= 11 is 0. The molecule has 0 atom stereocenters. The average molecular weight is 310 g/mol. The standard InChI is InChI=1S/C12H12.C12H10/c1-2-4-11-8-12(9-5-6-9)7-10(11)3-1;1-3-7-11(8-4-1)12-9-5-2-6-10-12/h1-4,7,9H,5-6,8H2;1-10H. The molecule has 0 aliphatic heterocycles. The fraction of sp³-hybridized carbons (Fsp3) is 0.167. The highest BCUT2D eigenvalue weighted by molar-refractivity contribution is 5.64. The highest BCUT2D eigenvalue weighted by Crippen LogP contribution is 2.42. The van der Waals surface area contributed by atoms with Crippen LogP contribution >= 0.6 is 0 Å². The van der Waals surface area contributed by atoms with E-state index in [0.29, 0.717) is 0 Å². The van der Waals surface area contributed by atoms with Gasteiger partial charge in [0.05, 0.1) is 0 Å². The van der Waals surface area contributed by atoms with Gasteiger partial charge in [0.1, 0.15) is 0 Å². The van der Waals surface area contributed by atoms with Crippen LogP contribution in [-0.2, 0) is 6.42 Å². The Morgan fingerprint density at radius 1 is 0.583 bits per heavy atom. The number of benzene rings is 3. The first-order valence-electron chi connectivity index (χ1n) is 8.79. The van der Waals surface area contributed by atoms with E-state index in [1.807, 2.05) is 12.1 Å². The average Bonchev–Trinajstić information content (AvgIpc) is 3.43. The van der Waals surface area contributed by atoms with E-state index in [0.717, 1.165) is 5.92 Å². The number of hydrogen-bond donors (Lipinski definition) is 0. The van der Waals surface area contributed by atoms with Gasteiger partial charge >= 0.3 is 0 Å². The predicted molar refractivity (Wildman–Crippen MR) is 103 cm³/mol. The second kappa shape index (κ2) is 6.88. The van der Waals surface area contributed by atoms with Gasteiger partial charge in [-0.1, -0.05) is 96.6 Å². The SMILES string of the molecule is C1=C(C2CC2)Cc2ccccc21.c1ccc(-c2ccccc2)cc1. The van der Waals surface area contributed by atoms with Gasteiger partial charge in [-0.05, 0) is 47.4 Å². The highest BCUT2D eigenvalue weighted by atomic mass is 14.3. The zero-order chi connectivity index (χ0) is 16.2. The Morgan fingerprint density at radius 2 is 1.12 bits per heavy atom. The summed E-state index contributed by atoms with van der Waals surface area (Å²) in [5.41, 5.74) is 7.21. The molecule has 0 spiro atoms. The van der Waals surface area contributed by atoms with Crippen LogP contribution in [0.1, 0.15) is 24.0 Å². The van der Waals surface area contributed by atoms with Crippen molar-refractivity contribution in [3.63, 3.8) is 0 Å². The van der Waals surface area contributed by atoms with E-state index in [2.05, 4.69) is 78.9 Å². The molecule has 1 saturated carbocycles. The van der Waals surface area contributed by atoms with Gasteiger partial charge in [-0.2, -0.15) is 0 Å². The first-order valence-corrected chi connectivity index (χ1v) is 8.79. The molecule has 0 unspecified atom stereocenters. The minimum Gasteiger partial charge on any atom is -0.0622 e. The lowest BCUT2D eigenvalue weighted by molar-refractivity contribution is 0.962. The van der Waals surface area contributed by atoms with Crippen LogP contribution in [0.15, 0.2) is 90.5 Å². The Kier molecular flexibility index (Phi) is 4.29. The molecule has 2 aliphatic rings. The predicted octanol–water partition coefficient (Wildman–Crippen LogP) is 6.39. The first kappa shape index (κ1) is 15.0. The third kappa shape index (κ3) is 3.49. The normalized spacial score (nSPS) is 15.1. The molecule has 2 aliphatic carbocycles. The molecule has 0 nitrogen and oxygen atoms in total. The van der Waals surface area contributed by atoms with E-state index >= 15 is 0 Å². The third-order valence-corrected chi connectivity index (χ3v) is 4.77. The summed E-state index contributed by atoms with van der Waals surface area (Å²) in [6.45, 7) is 0. The largest absolute Gasteiger partial charge is 0.0622 e. The van der Waals surface area contributed by atoms with Crippen LogP contribution in [0, 0.1) is 5.92 Å². The Morgan fingerprint density at radius 3 is 1.67 bits per heavy atom. The lowest BCUT2D eigenvalue weighted by Crippen LogP contribution is -1.85. The van der Waals surface area contributed by atoms with E-state index in [1.54, 1.807) is 5.57 Å². The molecule has 0 bridgehead atoms. The van der Waals surface area contributed by atoms with Gasteiger partial charge in [0.25, 0.3) is 0 Å². The summed E-state index contributed by atoms with van der Waals surface area (Å²) in [6, 6.07) is 29.5. The molecule has 3 aromatic carbocycles. The Balaban J connectivity index is 0.000000121. The van der Waals surface area contributed by atoms with Gasteiger partial charge < -0.3 is 0 Å². The molecule has 0 amide bonds. The zero-order valence-corrected chi connectivity index (χ0v) is 13.9. The van der Waals surface area contributed by atoms with E-state index < -0.39 is 0 Å². The van der Waals surface area contributed by atoms with Crippen LogP contribution in [0.5, 0.6) is 0 Å². The fourth-order valence-corrected chi connectivity index (χ4v) is 3.28. The molecule has 118 valence electrons. The van der Waals surface area contributed by atoms with Crippen LogP contribution < -0.4 is 0 Å². The second-order valence-electron chi connectivity index (χ2n) is 6.60. The van der Waals surface area contributed by atoms with Crippen LogP contribution in [-0.4, -0.2) is 0 Å². The third-order valence-electron chi connectivity index (χ3n) is 4.77. The van der Waals surface area contributed by atoms with Gasteiger partial charge in [0, 0.05) is 0 Å². The summed E-state index contributed by atoms with van der Waals surface area (Å²) in [7, 11) is 0. The van der Waals surface area contributed by atoms with Crippen molar-refractivity contribution in [3.8, 4) is 11.1 Å². The maximum atomic E-state index is 2.40. The van der Waals surface area contributed by atoms with Crippen molar-refractivity contribution in [3.05, 3.63) is 102 Å². The number of rotatable bonds is 2. The Hall–Kier alpha value is -2.60. The van der Waals surface area contributed by atoms with Crippen molar-refractivity contribution in [1.82, 2.24) is 0 Å². The van der Waals surface area contributed by atoms with Crippen LogP contribution in [0.25, 0.3) is 17.2 Å². The molecular formula is C24H22. The topological polar surface area (TPSA) is 0 Å². The molecule has 5 rings (SSSR count). The fourth-order valence-electron chi connectivity index (χ4n) is 3.28. The van der Waals surface area contributed by atoms with Crippen molar-refractivity contribution in [2.75, 3.05) is 0 Å². The summed E-state index contributed by atoms with van der Waals surface area (Å²) in [6.07, 6.45) is 6.48. The van der Waals surface area contributed by atoms with Crippen molar-refractivity contribution in [2.45, 2.75) is 19.3 Å². The second-order valence-corrected chi connectivity index (χ2v) is 6.60. The van der Waals surface area contributed by atoms with Gasteiger partial charge in [0.2, 0.25) is 0 Å². The van der Waals surface area contributed by atoms with Crippen molar-refractivity contribution >= 4 is 6.08 Å². The molecule has 3 aromatic rings. The van der Waals surface area contributed by atoms with E-state index in [-0.39, 0.29) is 0 Å². The molecule has 24 heavy (non-hydrogen) atoms.